The Labute approximate surface area is 203 Å². The average Bonchev–Trinajstić information content (AvgIpc) is 3.46. The lowest BCUT2D eigenvalue weighted by Gasteiger charge is -2.36. The molecule has 3 saturated heterocycles. The number of carbonyl (C=O) groups excluding carboxylic acids is 3. The minimum Gasteiger partial charge on any atom is -0.466 e. The number of carbonyl (C=O) groups is 3. The van der Waals surface area contributed by atoms with Crippen molar-refractivity contribution in [2.24, 2.45) is 11.8 Å². The zero-order valence-electron chi connectivity index (χ0n) is 20.9. The number of esters is 1. The van der Waals surface area contributed by atoms with Gasteiger partial charge in [0.15, 0.2) is 0 Å². The van der Waals surface area contributed by atoms with E-state index in [2.05, 4.69) is 13.5 Å². The van der Waals surface area contributed by atoms with Gasteiger partial charge < -0.3 is 24.4 Å². The highest BCUT2D eigenvalue weighted by atomic mass is 16.6. The summed E-state index contributed by atoms with van der Waals surface area (Å²) in [5, 5.41) is 9.06. The lowest BCUT2D eigenvalue weighted by Crippen LogP contribution is -2.56. The number of rotatable bonds is 15. The number of ether oxygens (including phenoxy) is 2. The van der Waals surface area contributed by atoms with Crippen molar-refractivity contribution >= 4 is 17.8 Å². The number of aliphatic hydroxyl groups is 1. The van der Waals surface area contributed by atoms with Crippen LogP contribution in [0.5, 0.6) is 0 Å². The Kier molecular flexibility index (Phi) is 9.54. The molecule has 0 aromatic carbocycles. The van der Waals surface area contributed by atoms with Gasteiger partial charge in [0, 0.05) is 26.2 Å². The Bertz CT molecular complexity index is 743. The van der Waals surface area contributed by atoms with E-state index in [0.717, 1.165) is 44.9 Å². The first-order valence-electron chi connectivity index (χ1n) is 13.1. The second kappa shape index (κ2) is 12.2. The van der Waals surface area contributed by atoms with Gasteiger partial charge >= 0.3 is 5.97 Å². The monoisotopic (exact) mass is 478 g/mol. The van der Waals surface area contributed by atoms with Crippen LogP contribution in [0, 0.1) is 11.8 Å². The second-order valence-corrected chi connectivity index (χ2v) is 9.76. The zero-order chi connectivity index (χ0) is 24.7. The van der Waals surface area contributed by atoms with E-state index in [-0.39, 0.29) is 31.1 Å². The van der Waals surface area contributed by atoms with Crippen LogP contribution in [0.3, 0.4) is 0 Å². The first-order valence-corrected chi connectivity index (χ1v) is 13.1. The van der Waals surface area contributed by atoms with Crippen LogP contribution in [-0.2, 0) is 23.9 Å². The third kappa shape index (κ3) is 5.03. The van der Waals surface area contributed by atoms with E-state index in [1.54, 1.807) is 22.8 Å². The largest absolute Gasteiger partial charge is 0.466 e. The molecule has 1 spiro atoms. The van der Waals surface area contributed by atoms with Crippen LogP contribution in [0.4, 0.5) is 0 Å². The number of unbranched alkanes of at least 4 members (excludes halogenated alkanes) is 5. The highest BCUT2D eigenvalue weighted by Crippen LogP contribution is 2.58. The van der Waals surface area contributed by atoms with Crippen LogP contribution in [-0.4, -0.2) is 83.3 Å². The molecule has 3 heterocycles. The standard InChI is InChI=1S/C26H42N2O6/c1-4-7-10-16-27(15-5-2)24(31)22-26-14-13-19(34-26)20(25(32)33-6-3)21(26)23(30)28(22)17-11-8-9-12-18-29/h5,19-22,29H,2,4,6-18H2,1,3H3/t19-,20+,21+,22?,26?/m1/s1. The van der Waals surface area contributed by atoms with Crippen molar-refractivity contribution in [2.45, 2.75) is 89.4 Å². The fourth-order valence-electron chi connectivity index (χ4n) is 6.10. The Hall–Kier alpha value is -1.93. The van der Waals surface area contributed by atoms with Crippen molar-refractivity contribution in [3.05, 3.63) is 12.7 Å². The summed E-state index contributed by atoms with van der Waals surface area (Å²) in [6.07, 6.45) is 8.76. The number of amides is 2. The number of hydrogen-bond donors (Lipinski definition) is 1. The summed E-state index contributed by atoms with van der Waals surface area (Å²) in [7, 11) is 0. The molecule has 3 fully saturated rings. The summed E-state index contributed by atoms with van der Waals surface area (Å²) in [6.45, 7) is 9.58. The van der Waals surface area contributed by atoms with Gasteiger partial charge in [-0.2, -0.15) is 0 Å². The Morgan fingerprint density at radius 3 is 2.68 bits per heavy atom. The van der Waals surface area contributed by atoms with Crippen LogP contribution < -0.4 is 0 Å². The van der Waals surface area contributed by atoms with E-state index < -0.39 is 29.4 Å². The van der Waals surface area contributed by atoms with E-state index >= 15 is 0 Å². The normalized spacial score (nSPS) is 29.4. The molecule has 0 radical (unpaired) electrons. The minimum atomic E-state index is -0.967. The summed E-state index contributed by atoms with van der Waals surface area (Å²) < 4.78 is 11.7. The van der Waals surface area contributed by atoms with Crippen molar-refractivity contribution < 1.29 is 29.0 Å². The molecule has 2 bridgehead atoms. The molecule has 0 saturated carbocycles. The molecule has 3 rings (SSSR count). The number of hydrogen-bond acceptors (Lipinski definition) is 6. The lowest BCUT2D eigenvalue weighted by atomic mass is 9.70. The number of aliphatic hydroxyl groups excluding tert-OH is 1. The maximum absolute atomic E-state index is 14.0. The van der Waals surface area contributed by atoms with E-state index in [1.807, 2.05) is 0 Å². The molecule has 2 amide bonds. The summed E-state index contributed by atoms with van der Waals surface area (Å²) in [6, 6.07) is -0.728. The fraction of sp³-hybridized carbons (Fsp3) is 0.808. The second-order valence-electron chi connectivity index (χ2n) is 9.76. The van der Waals surface area contributed by atoms with Gasteiger partial charge in [0.1, 0.15) is 11.6 Å². The first kappa shape index (κ1) is 26.7. The summed E-state index contributed by atoms with van der Waals surface area (Å²) >= 11 is 0. The van der Waals surface area contributed by atoms with Gasteiger partial charge in [0.2, 0.25) is 11.8 Å². The number of nitrogens with zero attached hydrogens (tertiary/aromatic N) is 2. The van der Waals surface area contributed by atoms with E-state index in [0.29, 0.717) is 32.5 Å². The van der Waals surface area contributed by atoms with Crippen LogP contribution in [0.25, 0.3) is 0 Å². The van der Waals surface area contributed by atoms with Crippen molar-refractivity contribution in [1.82, 2.24) is 9.80 Å². The Balaban J connectivity index is 1.89. The van der Waals surface area contributed by atoms with E-state index in [1.165, 1.54) is 0 Å². The maximum Gasteiger partial charge on any atom is 0.312 e. The van der Waals surface area contributed by atoms with Crippen molar-refractivity contribution in [1.29, 1.82) is 0 Å². The van der Waals surface area contributed by atoms with Crippen LogP contribution in [0.15, 0.2) is 12.7 Å². The fourth-order valence-corrected chi connectivity index (χ4v) is 6.10. The summed E-state index contributed by atoms with van der Waals surface area (Å²) in [5.41, 5.74) is -0.967. The van der Waals surface area contributed by atoms with Crippen molar-refractivity contribution in [2.75, 3.05) is 32.8 Å². The van der Waals surface area contributed by atoms with Gasteiger partial charge in [-0.05, 0) is 39.0 Å². The lowest BCUT2D eigenvalue weighted by molar-refractivity contribution is -0.155. The summed E-state index contributed by atoms with van der Waals surface area (Å²) in [5.74, 6) is -1.98. The molecule has 34 heavy (non-hydrogen) atoms. The van der Waals surface area contributed by atoms with Gasteiger partial charge in [0.25, 0.3) is 0 Å². The Morgan fingerprint density at radius 1 is 1.24 bits per heavy atom. The van der Waals surface area contributed by atoms with Crippen molar-refractivity contribution in [3.63, 3.8) is 0 Å². The molecular formula is C26H42N2O6. The SMILES string of the molecule is C=CCN(CCCCC)C(=O)C1N(CCCCCCO)C(=O)[C@@H]2[C@@H](C(=O)OCC)[C@H]3CCC12O3. The molecule has 8 nitrogen and oxygen atoms in total. The van der Waals surface area contributed by atoms with Gasteiger partial charge in [-0.1, -0.05) is 38.7 Å². The van der Waals surface area contributed by atoms with Crippen molar-refractivity contribution in [3.8, 4) is 0 Å². The molecule has 8 heteroatoms. The molecule has 0 aromatic heterocycles. The smallest absolute Gasteiger partial charge is 0.312 e. The highest BCUT2D eigenvalue weighted by molar-refractivity contribution is 5.98. The molecule has 0 aromatic rings. The third-order valence-electron chi connectivity index (χ3n) is 7.59. The van der Waals surface area contributed by atoms with Crippen LogP contribution in [0.1, 0.15) is 71.6 Å². The molecule has 0 aliphatic carbocycles. The zero-order valence-corrected chi connectivity index (χ0v) is 20.9. The molecule has 1 N–H and O–H groups in total. The predicted molar refractivity (Wildman–Crippen MR) is 128 cm³/mol. The molecule has 3 aliphatic heterocycles. The molecule has 192 valence electrons. The van der Waals surface area contributed by atoms with Gasteiger partial charge in [-0.15, -0.1) is 6.58 Å². The van der Waals surface area contributed by atoms with Gasteiger partial charge in [0.05, 0.1) is 24.5 Å². The average molecular weight is 479 g/mol. The molecule has 2 unspecified atom stereocenters. The highest BCUT2D eigenvalue weighted by Gasteiger charge is 2.74. The van der Waals surface area contributed by atoms with Crippen LogP contribution in [0.2, 0.25) is 0 Å². The topological polar surface area (TPSA) is 96.4 Å². The molecular weight excluding hydrogens is 436 g/mol. The third-order valence-corrected chi connectivity index (χ3v) is 7.59. The minimum absolute atomic E-state index is 0.104. The Morgan fingerprint density at radius 2 is 2.00 bits per heavy atom. The van der Waals surface area contributed by atoms with Gasteiger partial charge in [-0.3, -0.25) is 14.4 Å². The predicted octanol–water partition coefficient (Wildman–Crippen LogP) is 2.68. The molecule has 3 aliphatic rings. The first-order chi connectivity index (χ1) is 16.5. The number of likely N-dealkylation sites (tertiary alicyclic amines) is 1. The van der Waals surface area contributed by atoms with E-state index in [4.69, 9.17) is 14.6 Å². The number of fused-ring (bicyclic) bond motifs is 1. The van der Waals surface area contributed by atoms with Crippen LogP contribution >= 0.6 is 0 Å². The molecule has 5 atom stereocenters. The van der Waals surface area contributed by atoms with Gasteiger partial charge in [-0.25, -0.2) is 0 Å². The maximum atomic E-state index is 14.0. The van der Waals surface area contributed by atoms with E-state index in [9.17, 15) is 14.4 Å². The summed E-state index contributed by atoms with van der Waals surface area (Å²) in [4.78, 5) is 44.1. The quantitative estimate of drug-likeness (QED) is 0.221.